The van der Waals surface area contributed by atoms with Crippen LogP contribution in [0.4, 0.5) is 24.8 Å². The number of nitrogens with one attached hydrogen (secondary N) is 2. The monoisotopic (exact) mass is 303 g/mol. The number of aromatic nitrogens is 2. The first-order chi connectivity index (χ1) is 9.79. The van der Waals surface area contributed by atoms with Crippen LogP contribution >= 0.6 is 0 Å². The number of nitrogens with zero attached hydrogens (tertiary/aromatic N) is 3. The van der Waals surface area contributed by atoms with Crippen molar-refractivity contribution in [2.24, 2.45) is 0 Å². The quantitative estimate of drug-likeness (QED) is 0.857. The number of carbonyl (C=O) groups is 1. The Morgan fingerprint density at radius 2 is 2.10 bits per heavy atom. The minimum Gasteiger partial charge on any atom is -0.373 e. The fraction of sp³-hybridized carbons (Fsp3) is 0.583. The van der Waals surface area contributed by atoms with Crippen molar-refractivity contribution in [3.63, 3.8) is 0 Å². The summed E-state index contributed by atoms with van der Waals surface area (Å²) >= 11 is 0. The zero-order valence-electron chi connectivity index (χ0n) is 11.7. The lowest BCUT2D eigenvalue weighted by molar-refractivity contribution is -0.144. The van der Waals surface area contributed by atoms with Gasteiger partial charge >= 0.3 is 6.18 Å². The topological polar surface area (TPSA) is 70.2 Å². The molecule has 1 heterocycles. The molecular weight excluding hydrogens is 287 g/mol. The predicted molar refractivity (Wildman–Crippen MR) is 71.0 cm³/mol. The molecule has 9 heteroatoms. The maximum Gasteiger partial charge on any atom is 0.451 e. The first kappa shape index (κ1) is 15.3. The Hall–Kier alpha value is -2.06. The summed E-state index contributed by atoms with van der Waals surface area (Å²) in [5, 5.41) is 5.32. The van der Waals surface area contributed by atoms with Crippen LogP contribution in [0.15, 0.2) is 6.07 Å². The lowest BCUT2D eigenvalue weighted by atomic mass is 10.4. The minimum atomic E-state index is -4.64. The molecule has 0 bridgehead atoms. The van der Waals surface area contributed by atoms with Crippen molar-refractivity contribution >= 4 is 17.5 Å². The van der Waals surface area contributed by atoms with E-state index in [0.29, 0.717) is 0 Å². The smallest absolute Gasteiger partial charge is 0.373 e. The highest BCUT2D eigenvalue weighted by molar-refractivity contribution is 5.81. The van der Waals surface area contributed by atoms with Crippen LogP contribution < -0.4 is 15.5 Å². The number of halogens is 3. The van der Waals surface area contributed by atoms with E-state index in [-0.39, 0.29) is 30.1 Å². The molecule has 116 valence electrons. The van der Waals surface area contributed by atoms with E-state index in [1.807, 2.05) is 0 Å². The second-order valence-electron chi connectivity index (χ2n) is 4.88. The Bertz CT molecular complexity index is 530. The van der Waals surface area contributed by atoms with Gasteiger partial charge in [0.2, 0.25) is 11.7 Å². The van der Waals surface area contributed by atoms with Crippen molar-refractivity contribution in [3.8, 4) is 0 Å². The van der Waals surface area contributed by atoms with Gasteiger partial charge in [-0.05, 0) is 12.8 Å². The van der Waals surface area contributed by atoms with Crippen molar-refractivity contribution in [2.75, 3.05) is 30.9 Å². The second-order valence-corrected chi connectivity index (χ2v) is 4.88. The maximum atomic E-state index is 12.7. The highest BCUT2D eigenvalue weighted by Gasteiger charge is 2.35. The molecule has 2 rings (SSSR count). The normalized spacial score (nSPS) is 14.7. The summed E-state index contributed by atoms with van der Waals surface area (Å²) in [6, 6.07) is 1.56. The van der Waals surface area contributed by atoms with Gasteiger partial charge < -0.3 is 15.5 Å². The van der Waals surface area contributed by atoms with Crippen LogP contribution in [0.3, 0.4) is 0 Å². The van der Waals surface area contributed by atoms with Gasteiger partial charge in [0, 0.05) is 26.2 Å². The zero-order chi connectivity index (χ0) is 15.6. The average molecular weight is 303 g/mol. The van der Waals surface area contributed by atoms with Crippen LogP contribution in [-0.4, -0.2) is 42.6 Å². The van der Waals surface area contributed by atoms with Gasteiger partial charge in [-0.3, -0.25) is 4.79 Å². The third-order valence-electron chi connectivity index (χ3n) is 2.94. The van der Waals surface area contributed by atoms with Crippen LogP contribution in [0, 0.1) is 0 Å². The molecule has 0 saturated heterocycles. The predicted octanol–water partition coefficient (Wildman–Crippen LogP) is 1.25. The first-order valence-corrected chi connectivity index (χ1v) is 6.44. The van der Waals surface area contributed by atoms with E-state index in [1.54, 1.807) is 0 Å². The molecule has 0 spiro atoms. The molecule has 1 saturated carbocycles. The van der Waals surface area contributed by atoms with E-state index in [9.17, 15) is 18.0 Å². The molecule has 0 aliphatic heterocycles. The van der Waals surface area contributed by atoms with Gasteiger partial charge in [-0.25, -0.2) is 9.97 Å². The lowest BCUT2D eigenvalue weighted by Crippen LogP contribution is -2.36. The molecule has 21 heavy (non-hydrogen) atoms. The van der Waals surface area contributed by atoms with E-state index in [4.69, 9.17) is 0 Å². The SMILES string of the molecule is CNc1cc(N(C)CC(=O)NC2CC2)nc(C(F)(F)F)n1. The molecule has 1 aromatic heterocycles. The number of hydrogen-bond acceptors (Lipinski definition) is 5. The summed E-state index contributed by atoms with van der Waals surface area (Å²) in [6.45, 7) is -0.0615. The summed E-state index contributed by atoms with van der Waals surface area (Å²) in [7, 11) is 2.97. The molecule has 1 fully saturated rings. The highest BCUT2D eigenvalue weighted by atomic mass is 19.4. The molecule has 2 N–H and O–H groups in total. The van der Waals surface area contributed by atoms with Gasteiger partial charge in [-0.15, -0.1) is 0 Å². The molecule has 1 aromatic rings. The van der Waals surface area contributed by atoms with E-state index in [2.05, 4.69) is 20.6 Å². The van der Waals surface area contributed by atoms with E-state index in [0.717, 1.165) is 12.8 Å². The van der Waals surface area contributed by atoms with Crippen LogP contribution in [0.5, 0.6) is 0 Å². The second kappa shape index (κ2) is 5.74. The Labute approximate surface area is 119 Å². The number of alkyl halides is 3. The number of anilines is 2. The first-order valence-electron chi connectivity index (χ1n) is 6.44. The summed E-state index contributed by atoms with van der Waals surface area (Å²) < 4.78 is 38.2. The number of rotatable bonds is 5. The third kappa shape index (κ3) is 4.20. The Morgan fingerprint density at radius 1 is 1.43 bits per heavy atom. The number of amides is 1. The fourth-order valence-corrected chi connectivity index (χ4v) is 1.68. The van der Waals surface area contributed by atoms with Crippen molar-refractivity contribution < 1.29 is 18.0 Å². The molecule has 1 amide bonds. The van der Waals surface area contributed by atoms with Crippen molar-refractivity contribution in [1.29, 1.82) is 0 Å². The third-order valence-corrected chi connectivity index (χ3v) is 2.94. The van der Waals surface area contributed by atoms with E-state index in [1.165, 1.54) is 25.1 Å². The summed E-state index contributed by atoms with van der Waals surface area (Å²) in [5.41, 5.74) is 0. The van der Waals surface area contributed by atoms with Gasteiger partial charge in [0.25, 0.3) is 0 Å². The van der Waals surface area contributed by atoms with Gasteiger partial charge in [-0.2, -0.15) is 13.2 Å². The summed E-state index contributed by atoms with van der Waals surface area (Å²) in [6.07, 6.45) is -2.74. The molecule has 0 atom stereocenters. The van der Waals surface area contributed by atoms with Crippen molar-refractivity contribution in [1.82, 2.24) is 15.3 Å². The molecular formula is C12H16F3N5O. The van der Waals surface area contributed by atoms with Gasteiger partial charge in [0.15, 0.2) is 0 Å². The fourth-order valence-electron chi connectivity index (χ4n) is 1.68. The highest BCUT2D eigenvalue weighted by Crippen LogP contribution is 2.29. The van der Waals surface area contributed by atoms with Crippen molar-refractivity contribution in [3.05, 3.63) is 11.9 Å². The Kier molecular flexibility index (Phi) is 4.19. The number of hydrogen-bond donors (Lipinski definition) is 2. The minimum absolute atomic E-state index is 0.0348. The average Bonchev–Trinajstić information content (AvgIpc) is 3.20. The van der Waals surface area contributed by atoms with Crippen LogP contribution in [-0.2, 0) is 11.0 Å². The largest absolute Gasteiger partial charge is 0.451 e. The molecule has 6 nitrogen and oxygen atoms in total. The molecule has 0 radical (unpaired) electrons. The van der Waals surface area contributed by atoms with Crippen LogP contribution in [0.25, 0.3) is 0 Å². The summed E-state index contributed by atoms with van der Waals surface area (Å²) in [5.74, 6) is -1.40. The summed E-state index contributed by atoms with van der Waals surface area (Å²) in [4.78, 5) is 19.9. The van der Waals surface area contributed by atoms with Gasteiger partial charge in [0.05, 0.1) is 6.54 Å². The molecule has 0 aromatic carbocycles. The number of carbonyl (C=O) groups excluding carboxylic acids is 1. The van der Waals surface area contributed by atoms with Crippen LogP contribution in [0.1, 0.15) is 18.7 Å². The Balaban J connectivity index is 2.14. The molecule has 1 aliphatic carbocycles. The van der Waals surface area contributed by atoms with E-state index < -0.39 is 12.0 Å². The van der Waals surface area contributed by atoms with E-state index >= 15 is 0 Å². The van der Waals surface area contributed by atoms with Gasteiger partial charge in [-0.1, -0.05) is 0 Å². The maximum absolute atomic E-state index is 12.7. The standard InChI is InChI=1S/C12H16F3N5O/c1-16-8-5-9(19-11(18-8)12(13,14)15)20(2)6-10(21)17-7-3-4-7/h5,7H,3-4,6H2,1-2H3,(H,17,21)(H,16,18,19). The lowest BCUT2D eigenvalue weighted by Gasteiger charge is -2.19. The Morgan fingerprint density at radius 3 is 2.62 bits per heavy atom. The van der Waals surface area contributed by atoms with Crippen molar-refractivity contribution in [2.45, 2.75) is 25.1 Å². The zero-order valence-corrected chi connectivity index (χ0v) is 11.7. The molecule has 0 unspecified atom stereocenters. The molecule has 1 aliphatic rings. The van der Waals surface area contributed by atoms with Crippen LogP contribution in [0.2, 0.25) is 0 Å². The number of likely N-dealkylation sites (N-methyl/N-ethyl adjacent to an activating group) is 1. The van der Waals surface area contributed by atoms with Gasteiger partial charge in [0.1, 0.15) is 11.6 Å².